The zero-order chi connectivity index (χ0) is 18.7. The van der Waals surface area contributed by atoms with Crippen LogP contribution in [0.4, 0.5) is 13.2 Å². The average molecular weight is 341 g/mol. The van der Waals surface area contributed by atoms with Crippen molar-refractivity contribution in [2.24, 2.45) is 5.92 Å². The number of hydrogen-bond acceptors (Lipinski definition) is 2. The first-order valence-corrected chi connectivity index (χ1v) is 8.73. The van der Waals surface area contributed by atoms with Gasteiger partial charge < -0.3 is 9.64 Å². The Kier molecular flexibility index (Phi) is 3.29. The largest absolute Gasteiger partial charge is 0.484 e. The molecule has 1 aromatic carbocycles. The van der Waals surface area contributed by atoms with Crippen LogP contribution in [0.5, 0.6) is 5.75 Å². The normalized spacial score (nSPS) is 34.7. The molecule has 2 bridgehead atoms. The van der Waals surface area contributed by atoms with E-state index in [1.54, 1.807) is 6.07 Å². The lowest BCUT2D eigenvalue weighted by Gasteiger charge is -2.58. The Hall–Kier alpha value is -1.23. The van der Waals surface area contributed by atoms with Crippen LogP contribution >= 0.6 is 0 Å². The Morgan fingerprint density at radius 1 is 1.33 bits per heavy atom. The maximum atomic E-state index is 12.9. The lowest BCUT2D eigenvalue weighted by atomic mass is 9.52. The second-order valence-corrected chi connectivity index (χ2v) is 7.53. The van der Waals surface area contributed by atoms with Crippen molar-refractivity contribution in [3.05, 3.63) is 29.3 Å². The third-order valence-corrected chi connectivity index (χ3v) is 6.37. The summed E-state index contributed by atoms with van der Waals surface area (Å²) in [7, 11) is 2.17. The minimum Gasteiger partial charge on any atom is -0.484 e. The van der Waals surface area contributed by atoms with E-state index in [9.17, 15) is 13.2 Å². The van der Waals surface area contributed by atoms with Gasteiger partial charge in [0.2, 0.25) is 0 Å². The van der Waals surface area contributed by atoms with Gasteiger partial charge in [-0.25, -0.2) is 0 Å². The smallest absolute Gasteiger partial charge is 0.422 e. The van der Waals surface area contributed by atoms with Crippen molar-refractivity contribution in [2.75, 3.05) is 20.2 Å². The number of halogens is 3. The Morgan fingerprint density at radius 3 is 2.96 bits per heavy atom. The van der Waals surface area contributed by atoms with Crippen LogP contribution < -0.4 is 4.74 Å². The Balaban J connectivity index is 1.74. The molecule has 0 aromatic heterocycles. The van der Waals surface area contributed by atoms with E-state index in [1.165, 1.54) is 18.1 Å². The first-order valence-electron chi connectivity index (χ1n) is 9.73. The Morgan fingerprint density at radius 2 is 2.17 bits per heavy atom. The quantitative estimate of drug-likeness (QED) is 0.794. The van der Waals surface area contributed by atoms with E-state index in [1.807, 2.05) is 6.07 Å². The lowest BCUT2D eigenvalue weighted by molar-refractivity contribution is -0.153. The summed E-state index contributed by atoms with van der Waals surface area (Å²) in [5.41, 5.74) is 2.29. The molecular formula is C19H24F3NO. The number of hydrogen-bond donors (Lipinski definition) is 0. The van der Waals surface area contributed by atoms with Crippen LogP contribution in [0, 0.1) is 5.92 Å². The number of ether oxygens (including phenoxy) is 1. The van der Waals surface area contributed by atoms with Crippen molar-refractivity contribution in [1.29, 1.82) is 0 Å². The molecule has 0 spiro atoms. The van der Waals surface area contributed by atoms with Crippen molar-refractivity contribution < 1.29 is 20.6 Å². The molecule has 1 aromatic rings. The molecule has 1 aliphatic heterocycles. The molecule has 3 aliphatic rings. The molecule has 1 saturated carbocycles. The second kappa shape index (κ2) is 5.65. The summed E-state index contributed by atoms with van der Waals surface area (Å²) in [6, 6.07) is 5.51. The minimum atomic E-state index is -5.06. The molecule has 1 saturated heterocycles. The van der Waals surface area contributed by atoms with Gasteiger partial charge in [-0.3, -0.25) is 0 Å². The van der Waals surface area contributed by atoms with Gasteiger partial charge >= 0.3 is 6.18 Å². The van der Waals surface area contributed by atoms with Gasteiger partial charge in [0.1, 0.15) is 5.75 Å². The molecule has 0 radical (unpaired) electrons. The molecule has 0 N–H and O–H groups in total. The van der Waals surface area contributed by atoms with Crippen molar-refractivity contribution in [1.82, 2.24) is 4.90 Å². The van der Waals surface area contributed by atoms with Gasteiger partial charge in [0.05, 0.1) is 2.74 Å². The third-order valence-electron chi connectivity index (χ3n) is 6.37. The highest BCUT2D eigenvalue weighted by atomic mass is 19.4. The lowest BCUT2D eigenvalue weighted by Crippen LogP contribution is -2.59. The van der Waals surface area contributed by atoms with Crippen LogP contribution in [0.3, 0.4) is 0 Å². The Bertz CT molecular complexity index is 709. The van der Waals surface area contributed by atoms with Crippen molar-refractivity contribution in [2.45, 2.75) is 56.2 Å². The zero-order valence-corrected chi connectivity index (χ0v) is 13.8. The van der Waals surface area contributed by atoms with Crippen LogP contribution in [-0.2, 0) is 11.8 Å². The number of rotatable bonds is 2. The summed E-state index contributed by atoms with van der Waals surface area (Å²) in [5, 5.41) is 0. The van der Waals surface area contributed by atoms with E-state index in [-0.39, 0.29) is 11.2 Å². The number of fused-ring (bicyclic) bond motifs is 1. The predicted octanol–water partition coefficient (Wildman–Crippen LogP) is 4.32. The standard InChI is InChI=1S/C19H24F3NO/c1-23-9-8-18-7-3-2-4-15(18)17(23)10-13-5-6-14(11-16(13)18)24-12-19(20,21)22/h5-6,11,15,17H,2-4,7-10,12H2,1H3/t15-,17?,18+/m1/s1/i12D2. The Labute approximate surface area is 143 Å². The summed E-state index contributed by atoms with van der Waals surface area (Å²) < 4.78 is 57.8. The molecule has 4 rings (SSSR count). The fraction of sp³-hybridized carbons (Fsp3) is 0.684. The number of alkyl halides is 3. The third kappa shape index (κ3) is 2.61. The summed E-state index contributed by atoms with van der Waals surface area (Å²) >= 11 is 0. The molecule has 3 atom stereocenters. The first kappa shape index (κ1) is 14.0. The van der Waals surface area contributed by atoms with Crippen LogP contribution in [-0.4, -0.2) is 37.3 Å². The first-order chi connectivity index (χ1) is 12.1. The highest BCUT2D eigenvalue weighted by molar-refractivity contribution is 5.45. The SMILES string of the molecule is [2H]C([2H])(Oc1ccc2c(c1)[C@]13CCCC[C@@H]1C(C2)N(C)CC3)C(F)(F)F. The van der Waals surface area contributed by atoms with Crippen LogP contribution in [0.15, 0.2) is 18.2 Å². The van der Waals surface area contributed by atoms with Gasteiger partial charge in [0.15, 0.2) is 6.56 Å². The fourth-order valence-electron chi connectivity index (χ4n) is 5.36. The van der Waals surface area contributed by atoms with Crippen molar-refractivity contribution >= 4 is 0 Å². The molecule has 0 amide bonds. The van der Waals surface area contributed by atoms with Crippen LogP contribution in [0.25, 0.3) is 0 Å². The topological polar surface area (TPSA) is 12.5 Å². The van der Waals surface area contributed by atoms with E-state index >= 15 is 0 Å². The highest BCUT2D eigenvalue weighted by Gasteiger charge is 2.53. The van der Waals surface area contributed by atoms with Crippen molar-refractivity contribution in [3.63, 3.8) is 0 Å². The second-order valence-electron chi connectivity index (χ2n) is 7.53. The number of likely N-dealkylation sites (N-methyl/N-ethyl adjacent to an activating group) is 1. The van der Waals surface area contributed by atoms with E-state index < -0.39 is 12.7 Å². The molecule has 2 nitrogen and oxygen atoms in total. The van der Waals surface area contributed by atoms with Gasteiger partial charge in [-0.2, -0.15) is 13.2 Å². The number of piperidine rings is 1. The summed E-state index contributed by atoms with van der Waals surface area (Å²) in [6.45, 7) is -2.69. The number of nitrogens with zero attached hydrogens (tertiary/aromatic N) is 1. The zero-order valence-electron chi connectivity index (χ0n) is 15.8. The molecule has 2 fully saturated rings. The molecular weight excluding hydrogens is 315 g/mol. The highest BCUT2D eigenvalue weighted by Crippen LogP contribution is 2.55. The molecule has 5 heteroatoms. The van der Waals surface area contributed by atoms with Crippen molar-refractivity contribution in [3.8, 4) is 5.75 Å². The average Bonchev–Trinajstić information content (AvgIpc) is 2.57. The molecule has 2 aliphatic carbocycles. The van der Waals surface area contributed by atoms with Crippen LogP contribution in [0.1, 0.15) is 46.0 Å². The monoisotopic (exact) mass is 341 g/mol. The van der Waals surface area contributed by atoms with E-state index in [2.05, 4.69) is 11.9 Å². The molecule has 1 heterocycles. The minimum absolute atomic E-state index is 0.00727. The van der Waals surface area contributed by atoms with Gasteiger partial charge in [-0.15, -0.1) is 0 Å². The summed E-state index contributed by atoms with van der Waals surface area (Å²) in [4.78, 5) is 2.43. The molecule has 24 heavy (non-hydrogen) atoms. The van der Waals surface area contributed by atoms with Gasteiger partial charge in [-0.1, -0.05) is 18.9 Å². The fourth-order valence-corrected chi connectivity index (χ4v) is 5.36. The van der Waals surface area contributed by atoms with E-state index in [0.717, 1.165) is 44.2 Å². The van der Waals surface area contributed by atoms with Crippen LogP contribution in [0.2, 0.25) is 0 Å². The van der Waals surface area contributed by atoms with Gasteiger partial charge in [0.25, 0.3) is 0 Å². The molecule has 132 valence electrons. The summed E-state index contributed by atoms with van der Waals surface area (Å²) in [6.07, 6.45) is 1.42. The van der Waals surface area contributed by atoms with Gasteiger partial charge in [-0.05, 0) is 68.5 Å². The van der Waals surface area contributed by atoms with Gasteiger partial charge in [0, 0.05) is 11.5 Å². The summed E-state index contributed by atoms with van der Waals surface area (Å²) in [5.74, 6) is 0.499. The predicted molar refractivity (Wildman–Crippen MR) is 86.4 cm³/mol. The molecule has 1 unspecified atom stereocenters. The number of benzene rings is 1. The maximum absolute atomic E-state index is 12.9. The van der Waals surface area contributed by atoms with E-state index in [0.29, 0.717) is 12.0 Å². The van der Waals surface area contributed by atoms with E-state index in [4.69, 9.17) is 7.48 Å². The maximum Gasteiger partial charge on any atom is 0.422 e. The number of likely N-dealkylation sites (tertiary alicyclic amines) is 1.